The highest BCUT2D eigenvalue weighted by Gasteiger charge is 2.17. The van der Waals surface area contributed by atoms with E-state index in [4.69, 9.17) is 4.74 Å². The molecule has 0 aliphatic carbocycles. The van der Waals surface area contributed by atoms with Crippen molar-refractivity contribution in [1.82, 2.24) is 20.5 Å². The summed E-state index contributed by atoms with van der Waals surface area (Å²) in [4.78, 5) is 12.6. The van der Waals surface area contributed by atoms with Crippen LogP contribution < -0.4 is 10.6 Å². The molecule has 22 heavy (non-hydrogen) atoms. The topological polar surface area (TPSA) is 61.8 Å². The van der Waals surface area contributed by atoms with Crippen molar-refractivity contribution in [2.45, 2.75) is 33.4 Å². The van der Waals surface area contributed by atoms with Crippen molar-refractivity contribution in [3.8, 4) is 0 Å². The molecule has 2 rings (SSSR count). The maximum atomic E-state index is 5.77. The first-order valence-corrected chi connectivity index (χ1v) is 8.65. The molecule has 0 aromatic carbocycles. The molecule has 0 bridgehead atoms. The molecule has 2 heterocycles. The summed E-state index contributed by atoms with van der Waals surface area (Å²) in [5.41, 5.74) is 1.08. The van der Waals surface area contributed by atoms with Crippen LogP contribution in [0.1, 0.15) is 22.5 Å². The standard InChI is InChI=1S/C15H27N5OS/c1-5-16-15(17-8-13-10-20(4)6-7-21-13)18-9-14-11(2)19-12(3)22-14/h13H,5-10H2,1-4H3,(H2,16,17,18). The van der Waals surface area contributed by atoms with Gasteiger partial charge < -0.3 is 20.3 Å². The van der Waals surface area contributed by atoms with Crippen LogP contribution in [0.25, 0.3) is 0 Å². The average molecular weight is 325 g/mol. The van der Waals surface area contributed by atoms with E-state index in [1.54, 1.807) is 11.3 Å². The molecule has 1 atom stereocenters. The van der Waals surface area contributed by atoms with Crippen LogP contribution in [0.2, 0.25) is 0 Å². The first-order chi connectivity index (χ1) is 10.6. The van der Waals surface area contributed by atoms with Gasteiger partial charge in [0, 0.05) is 31.1 Å². The molecule has 1 aromatic rings. The predicted octanol–water partition coefficient (Wildman–Crippen LogP) is 1.15. The van der Waals surface area contributed by atoms with E-state index in [0.717, 1.165) is 49.4 Å². The molecule has 1 aliphatic rings. The summed E-state index contributed by atoms with van der Waals surface area (Å²) in [5, 5.41) is 7.76. The largest absolute Gasteiger partial charge is 0.374 e. The third-order valence-corrected chi connectivity index (χ3v) is 4.62. The van der Waals surface area contributed by atoms with Crippen LogP contribution >= 0.6 is 11.3 Å². The van der Waals surface area contributed by atoms with Gasteiger partial charge in [-0.25, -0.2) is 9.98 Å². The van der Waals surface area contributed by atoms with E-state index in [0.29, 0.717) is 6.54 Å². The molecule has 1 unspecified atom stereocenters. The van der Waals surface area contributed by atoms with Crippen LogP contribution in [0, 0.1) is 13.8 Å². The second-order valence-electron chi connectivity index (χ2n) is 5.57. The number of nitrogens with zero attached hydrogens (tertiary/aromatic N) is 3. The van der Waals surface area contributed by atoms with Gasteiger partial charge in [-0.3, -0.25) is 0 Å². The van der Waals surface area contributed by atoms with Crippen molar-refractivity contribution in [3.63, 3.8) is 0 Å². The van der Waals surface area contributed by atoms with E-state index in [-0.39, 0.29) is 6.10 Å². The van der Waals surface area contributed by atoms with Crippen molar-refractivity contribution in [3.05, 3.63) is 15.6 Å². The van der Waals surface area contributed by atoms with Crippen LogP contribution in [0.15, 0.2) is 4.99 Å². The maximum Gasteiger partial charge on any atom is 0.191 e. The first-order valence-electron chi connectivity index (χ1n) is 7.83. The van der Waals surface area contributed by atoms with E-state index in [1.807, 2.05) is 13.8 Å². The van der Waals surface area contributed by atoms with Crippen LogP contribution in [0.3, 0.4) is 0 Å². The highest BCUT2D eigenvalue weighted by atomic mass is 32.1. The molecule has 0 saturated carbocycles. The van der Waals surface area contributed by atoms with Crippen molar-refractivity contribution >= 4 is 17.3 Å². The third kappa shape index (κ3) is 5.23. The number of aryl methyl sites for hydroxylation is 2. The minimum absolute atomic E-state index is 0.218. The van der Waals surface area contributed by atoms with Gasteiger partial charge in [0.25, 0.3) is 0 Å². The molecule has 0 amide bonds. The first kappa shape index (κ1) is 17.2. The summed E-state index contributed by atoms with van der Waals surface area (Å²) in [7, 11) is 2.13. The highest BCUT2D eigenvalue weighted by Crippen LogP contribution is 2.17. The van der Waals surface area contributed by atoms with Crippen LogP contribution in [0.5, 0.6) is 0 Å². The number of morpholine rings is 1. The van der Waals surface area contributed by atoms with Gasteiger partial charge in [-0.15, -0.1) is 11.3 Å². The number of rotatable bonds is 5. The van der Waals surface area contributed by atoms with E-state index in [9.17, 15) is 0 Å². The van der Waals surface area contributed by atoms with Gasteiger partial charge in [0.1, 0.15) is 0 Å². The Morgan fingerprint density at radius 2 is 2.27 bits per heavy atom. The lowest BCUT2D eigenvalue weighted by atomic mass is 10.3. The normalized spacial score (nSPS) is 20.2. The number of aliphatic imine (C=N–C) groups is 1. The van der Waals surface area contributed by atoms with Gasteiger partial charge in [-0.05, 0) is 27.8 Å². The molecule has 1 aromatic heterocycles. The Balaban J connectivity index is 1.88. The number of guanidine groups is 1. The number of thiazole rings is 1. The highest BCUT2D eigenvalue weighted by molar-refractivity contribution is 7.11. The van der Waals surface area contributed by atoms with Gasteiger partial charge in [0.15, 0.2) is 5.96 Å². The smallest absolute Gasteiger partial charge is 0.191 e. The molecule has 124 valence electrons. The van der Waals surface area contributed by atoms with E-state index in [2.05, 4.69) is 39.5 Å². The monoisotopic (exact) mass is 325 g/mol. The lowest BCUT2D eigenvalue weighted by molar-refractivity contribution is -0.0161. The minimum atomic E-state index is 0.218. The molecule has 1 aliphatic heterocycles. The number of aromatic nitrogens is 1. The minimum Gasteiger partial charge on any atom is -0.374 e. The number of hydrogen-bond acceptors (Lipinski definition) is 5. The fraction of sp³-hybridized carbons (Fsp3) is 0.733. The second-order valence-corrected chi connectivity index (χ2v) is 6.86. The van der Waals surface area contributed by atoms with Crippen molar-refractivity contribution in [1.29, 1.82) is 0 Å². The molecule has 2 N–H and O–H groups in total. The van der Waals surface area contributed by atoms with Crippen molar-refractivity contribution in [2.24, 2.45) is 4.99 Å². The van der Waals surface area contributed by atoms with E-state index in [1.165, 1.54) is 4.88 Å². The Kier molecular flexibility index (Phi) is 6.60. The number of likely N-dealkylation sites (N-methyl/N-ethyl adjacent to an activating group) is 1. The van der Waals surface area contributed by atoms with Gasteiger partial charge in [-0.1, -0.05) is 0 Å². The lowest BCUT2D eigenvalue weighted by Crippen LogP contribution is -2.48. The molecule has 6 nitrogen and oxygen atoms in total. The van der Waals surface area contributed by atoms with E-state index < -0.39 is 0 Å². The molecule has 1 fully saturated rings. The summed E-state index contributed by atoms with van der Waals surface area (Å²) in [5.74, 6) is 0.838. The lowest BCUT2D eigenvalue weighted by Gasteiger charge is -2.30. The molecular formula is C15H27N5OS. The molecule has 1 saturated heterocycles. The Bertz CT molecular complexity index is 502. The number of ether oxygens (including phenoxy) is 1. The summed E-state index contributed by atoms with van der Waals surface area (Å²) in [6, 6.07) is 0. The predicted molar refractivity (Wildman–Crippen MR) is 91.6 cm³/mol. The summed E-state index contributed by atoms with van der Waals surface area (Å²) < 4.78 is 5.77. The fourth-order valence-electron chi connectivity index (χ4n) is 2.41. The quantitative estimate of drug-likeness (QED) is 0.628. The zero-order valence-electron chi connectivity index (χ0n) is 14.0. The molecule has 0 spiro atoms. The summed E-state index contributed by atoms with van der Waals surface area (Å²) >= 11 is 1.72. The number of hydrogen-bond donors (Lipinski definition) is 2. The van der Waals surface area contributed by atoms with Crippen molar-refractivity contribution in [2.75, 3.05) is 39.8 Å². The Morgan fingerprint density at radius 3 is 2.91 bits per heavy atom. The van der Waals surface area contributed by atoms with Crippen LogP contribution in [-0.2, 0) is 11.3 Å². The zero-order chi connectivity index (χ0) is 15.9. The van der Waals surface area contributed by atoms with Gasteiger partial charge in [0.05, 0.1) is 30.0 Å². The maximum absolute atomic E-state index is 5.77. The van der Waals surface area contributed by atoms with Gasteiger partial charge in [0.2, 0.25) is 0 Å². The Hall–Kier alpha value is -1.18. The van der Waals surface area contributed by atoms with Gasteiger partial charge in [-0.2, -0.15) is 0 Å². The zero-order valence-corrected chi connectivity index (χ0v) is 14.8. The Labute approximate surface area is 137 Å². The molecule has 7 heteroatoms. The average Bonchev–Trinajstić information content (AvgIpc) is 2.80. The van der Waals surface area contributed by atoms with Crippen LogP contribution in [-0.4, -0.2) is 61.8 Å². The SMILES string of the molecule is CCNC(=NCc1sc(C)nc1C)NCC1CN(C)CCO1. The molecule has 0 radical (unpaired) electrons. The summed E-state index contributed by atoms with van der Waals surface area (Å²) in [6.07, 6.45) is 0.218. The fourth-order valence-corrected chi connectivity index (χ4v) is 3.28. The number of nitrogens with one attached hydrogen (secondary N) is 2. The van der Waals surface area contributed by atoms with Gasteiger partial charge >= 0.3 is 0 Å². The Morgan fingerprint density at radius 1 is 1.45 bits per heavy atom. The second kappa shape index (κ2) is 8.45. The van der Waals surface area contributed by atoms with Crippen LogP contribution in [0.4, 0.5) is 0 Å². The van der Waals surface area contributed by atoms with E-state index >= 15 is 0 Å². The van der Waals surface area contributed by atoms with Crippen molar-refractivity contribution < 1.29 is 4.74 Å². The summed E-state index contributed by atoms with van der Waals surface area (Å²) in [6.45, 7) is 11.2. The molecular weight excluding hydrogens is 298 g/mol. The third-order valence-electron chi connectivity index (χ3n) is 3.56.